The molecule has 254 valence electrons. The van der Waals surface area contributed by atoms with Gasteiger partial charge in [-0.15, -0.1) is 0 Å². The van der Waals surface area contributed by atoms with E-state index in [-0.39, 0.29) is 0 Å². The highest BCUT2D eigenvalue weighted by atomic mass is 14.7. The fraction of sp³-hybridized carbons (Fsp3) is 0.913. The molecule has 0 radical (unpaired) electrons. The average Bonchev–Trinajstić information content (AvgIpc) is 3.74. The molecule has 16 atom stereocenters. The van der Waals surface area contributed by atoms with Gasteiger partial charge in [0.25, 0.3) is 0 Å². The van der Waals surface area contributed by atoms with Crippen LogP contribution in [0.5, 0.6) is 0 Å². The van der Waals surface area contributed by atoms with E-state index in [1.54, 1.807) is 108 Å². The molecular weight excluding hydrogens is 553 g/mol. The first-order chi connectivity index (χ1) is 22.5. The first-order valence-corrected chi connectivity index (χ1v) is 21.8. The van der Waals surface area contributed by atoms with Gasteiger partial charge in [0, 0.05) is 0 Å². The number of hydrogen-bond acceptors (Lipinski definition) is 0. The van der Waals surface area contributed by atoms with Crippen molar-refractivity contribution in [3.8, 4) is 0 Å². The molecule has 0 nitrogen and oxygen atoms in total. The van der Waals surface area contributed by atoms with Crippen molar-refractivity contribution in [3.63, 3.8) is 0 Å². The minimum absolute atomic E-state index is 0.694. The van der Waals surface area contributed by atoms with Crippen LogP contribution in [-0.2, 0) is 0 Å². The molecule has 0 heterocycles. The summed E-state index contributed by atoms with van der Waals surface area (Å²) in [6, 6.07) is 0. The van der Waals surface area contributed by atoms with Crippen LogP contribution >= 0.6 is 0 Å². The van der Waals surface area contributed by atoms with Crippen LogP contribution in [0.25, 0.3) is 0 Å². The van der Waals surface area contributed by atoms with E-state index in [1.165, 1.54) is 25.7 Å². The Labute approximate surface area is 284 Å². The van der Waals surface area contributed by atoms with Crippen LogP contribution in [0, 0.1) is 112 Å². The van der Waals surface area contributed by atoms with Crippen LogP contribution in [-0.4, -0.2) is 0 Å². The zero-order valence-corrected chi connectivity index (χ0v) is 30.3. The van der Waals surface area contributed by atoms with E-state index in [9.17, 15) is 0 Å². The molecule has 0 aromatic carbocycles. The Morgan fingerprint density at radius 1 is 0.674 bits per heavy atom. The largest absolute Gasteiger partial charge is 0.0805 e. The molecule has 0 aromatic heterocycles. The predicted octanol–water partition coefficient (Wildman–Crippen LogP) is 12.5. The Morgan fingerprint density at radius 2 is 1.41 bits per heavy atom. The summed E-state index contributed by atoms with van der Waals surface area (Å²) in [7, 11) is 0. The van der Waals surface area contributed by atoms with Gasteiger partial charge in [0.15, 0.2) is 0 Å². The van der Waals surface area contributed by atoms with Crippen LogP contribution in [0.15, 0.2) is 23.8 Å². The summed E-state index contributed by atoms with van der Waals surface area (Å²) in [6.07, 6.45) is 39.0. The van der Waals surface area contributed by atoms with Crippen LogP contribution in [0.3, 0.4) is 0 Å². The molecule has 10 aliphatic rings. The highest BCUT2D eigenvalue weighted by molar-refractivity contribution is 5.29. The van der Waals surface area contributed by atoms with Gasteiger partial charge in [-0.3, -0.25) is 0 Å². The van der Waals surface area contributed by atoms with E-state index in [4.69, 9.17) is 0 Å². The van der Waals surface area contributed by atoms with Gasteiger partial charge in [-0.25, -0.2) is 0 Å². The summed E-state index contributed by atoms with van der Waals surface area (Å²) in [4.78, 5) is 0. The molecule has 0 N–H and O–H groups in total. The summed E-state index contributed by atoms with van der Waals surface area (Å²) in [5, 5.41) is 0. The lowest BCUT2D eigenvalue weighted by atomic mass is 9.55. The fourth-order valence-electron chi connectivity index (χ4n) is 17.2. The second kappa shape index (κ2) is 11.5. The number of rotatable bonds is 6. The van der Waals surface area contributed by atoms with Crippen molar-refractivity contribution in [1.82, 2.24) is 0 Å². The van der Waals surface area contributed by atoms with Gasteiger partial charge in [0.1, 0.15) is 0 Å². The van der Waals surface area contributed by atoms with E-state index in [0.29, 0.717) is 5.41 Å². The highest BCUT2D eigenvalue weighted by Crippen LogP contribution is 2.69. The van der Waals surface area contributed by atoms with Crippen molar-refractivity contribution in [2.24, 2.45) is 112 Å². The fourth-order valence-corrected chi connectivity index (χ4v) is 17.2. The van der Waals surface area contributed by atoms with Gasteiger partial charge in [-0.05, 0) is 220 Å². The summed E-state index contributed by atoms with van der Waals surface area (Å²) in [6.45, 7) is 8.13. The molecule has 0 amide bonds. The maximum Gasteiger partial charge on any atom is -0.0160 e. The van der Waals surface area contributed by atoms with Gasteiger partial charge < -0.3 is 0 Å². The van der Waals surface area contributed by atoms with Gasteiger partial charge in [-0.2, -0.15) is 0 Å². The van der Waals surface area contributed by atoms with Crippen LogP contribution in [0.2, 0.25) is 0 Å². The standard InChI is InChI=1S/C46H70/c1-4-29-23-42-37-20-32(30-9-5-6-10-30)19-36(25-41(29)42)40(24-37)35-21-33-17-31(18-34(33)22-35)27(2)45-43-16-28-13-14-39(15-28)46(3,26-44(43)45)38-11-7-8-12-38/h5,9-10,27-29,31-45H,4,6-8,11-26H2,1-3H3/t27?,28?,29?,31?,32-,33?,34?,35?,36?,37?,39?,40?,41?,42?,43?,44?,45?,46?/m1/s1. The molecule has 15 unspecified atom stereocenters. The molecule has 10 aliphatic carbocycles. The smallest absolute Gasteiger partial charge is 0.0160 e. The lowest BCUT2D eigenvalue weighted by Crippen LogP contribution is -2.42. The third-order valence-corrected chi connectivity index (χ3v) is 19.5. The summed E-state index contributed by atoms with van der Waals surface area (Å²) >= 11 is 0. The highest BCUT2D eigenvalue weighted by Gasteiger charge is 2.62. The number of fused-ring (bicyclic) bond motifs is 9. The van der Waals surface area contributed by atoms with Crippen molar-refractivity contribution in [2.75, 3.05) is 0 Å². The van der Waals surface area contributed by atoms with Crippen LogP contribution in [0.4, 0.5) is 0 Å². The second-order valence-corrected chi connectivity index (χ2v) is 20.9. The quantitative estimate of drug-likeness (QED) is 0.276. The Hall–Kier alpha value is -0.520. The topological polar surface area (TPSA) is 0 Å². The number of allylic oxidation sites excluding steroid dienone is 4. The summed E-state index contributed by atoms with van der Waals surface area (Å²) < 4.78 is 0. The summed E-state index contributed by atoms with van der Waals surface area (Å²) in [5.41, 5.74) is 2.45. The normalized spacial score (nSPS) is 56.3. The molecular formula is C46H70. The number of hydrogen-bond donors (Lipinski definition) is 0. The van der Waals surface area contributed by atoms with Crippen molar-refractivity contribution in [1.29, 1.82) is 0 Å². The zero-order valence-electron chi connectivity index (χ0n) is 30.3. The van der Waals surface area contributed by atoms with Gasteiger partial charge in [0.05, 0.1) is 0 Å². The zero-order chi connectivity index (χ0) is 30.7. The van der Waals surface area contributed by atoms with E-state index < -0.39 is 0 Å². The van der Waals surface area contributed by atoms with Crippen LogP contribution in [0.1, 0.15) is 149 Å². The Morgan fingerprint density at radius 3 is 2.15 bits per heavy atom. The van der Waals surface area contributed by atoms with E-state index >= 15 is 0 Å². The van der Waals surface area contributed by atoms with Crippen LogP contribution < -0.4 is 0 Å². The van der Waals surface area contributed by atoms with Crippen molar-refractivity contribution < 1.29 is 0 Å². The monoisotopic (exact) mass is 623 g/mol. The first-order valence-electron chi connectivity index (χ1n) is 21.8. The molecule has 9 fully saturated rings. The SMILES string of the molecule is CCC1CC2C3CC(C4CC5CC(C(C)C6C7CC8CCC(C8)C(C)(C8CCCC8)CC76)CC5C4)C(CC12)C[C@@H](C1=CCC=C1)C3. The van der Waals surface area contributed by atoms with Crippen molar-refractivity contribution in [2.45, 2.75) is 149 Å². The van der Waals surface area contributed by atoms with Gasteiger partial charge in [0.2, 0.25) is 0 Å². The second-order valence-electron chi connectivity index (χ2n) is 20.9. The maximum absolute atomic E-state index is 2.83. The molecule has 0 heteroatoms. The minimum atomic E-state index is 0.694. The molecule has 0 aromatic rings. The van der Waals surface area contributed by atoms with Gasteiger partial charge >= 0.3 is 0 Å². The minimum Gasteiger partial charge on any atom is -0.0805 e. The molecule has 0 aliphatic heterocycles. The molecule has 0 saturated heterocycles. The van der Waals surface area contributed by atoms with Crippen molar-refractivity contribution in [3.05, 3.63) is 23.8 Å². The Kier molecular flexibility index (Phi) is 7.58. The lowest BCUT2D eigenvalue weighted by Gasteiger charge is -2.50. The maximum atomic E-state index is 2.83. The third-order valence-electron chi connectivity index (χ3n) is 19.5. The molecule has 46 heavy (non-hydrogen) atoms. The molecule has 10 rings (SSSR count). The molecule has 9 saturated carbocycles. The predicted molar refractivity (Wildman–Crippen MR) is 192 cm³/mol. The summed E-state index contributed by atoms with van der Waals surface area (Å²) in [5.74, 6) is 19.3. The van der Waals surface area contributed by atoms with E-state index in [1.807, 2.05) is 0 Å². The van der Waals surface area contributed by atoms with E-state index in [0.717, 1.165) is 107 Å². The average molecular weight is 623 g/mol. The molecule has 0 spiro atoms. The van der Waals surface area contributed by atoms with Gasteiger partial charge in [-0.1, -0.05) is 64.7 Å². The lowest BCUT2D eigenvalue weighted by molar-refractivity contribution is -0.000257. The Bertz CT molecular complexity index is 1190. The first kappa shape index (κ1) is 30.3. The van der Waals surface area contributed by atoms with E-state index in [2.05, 4.69) is 39.0 Å². The molecule has 4 bridgehead atoms. The van der Waals surface area contributed by atoms with Crippen molar-refractivity contribution >= 4 is 0 Å². The third kappa shape index (κ3) is 4.83. The Balaban J connectivity index is 0.814.